The third-order valence-electron chi connectivity index (χ3n) is 3.50. The summed E-state index contributed by atoms with van der Waals surface area (Å²) in [7, 11) is 0. The molecule has 1 unspecified atom stereocenters. The molecule has 1 atom stereocenters. The first-order valence-corrected chi connectivity index (χ1v) is 6.28. The summed E-state index contributed by atoms with van der Waals surface area (Å²) in [6.45, 7) is 1.50. The van der Waals surface area contributed by atoms with E-state index in [1.807, 2.05) is 12.1 Å². The van der Waals surface area contributed by atoms with Gasteiger partial charge in [0.1, 0.15) is 12.6 Å². The molecular formula is C14H13N3O3. The Morgan fingerprint density at radius 2 is 2.10 bits per heavy atom. The summed E-state index contributed by atoms with van der Waals surface area (Å²) in [4.78, 5) is 40.0. The number of benzene rings is 1. The molecule has 0 bridgehead atoms. The first kappa shape index (κ1) is 12.4. The van der Waals surface area contributed by atoms with Crippen LogP contribution in [0.5, 0.6) is 0 Å². The lowest BCUT2D eigenvalue weighted by Gasteiger charge is -2.31. The van der Waals surface area contributed by atoms with Crippen LogP contribution in [0, 0.1) is 0 Å². The molecular weight excluding hydrogens is 258 g/mol. The Bertz CT molecular complexity index is 719. The summed E-state index contributed by atoms with van der Waals surface area (Å²) in [5.41, 5.74) is 1.17. The molecule has 6 heteroatoms. The van der Waals surface area contributed by atoms with Crippen molar-refractivity contribution in [3.8, 4) is 0 Å². The van der Waals surface area contributed by atoms with Gasteiger partial charge in [0.2, 0.25) is 11.8 Å². The van der Waals surface area contributed by atoms with E-state index in [1.165, 1.54) is 4.90 Å². The number of hydrogen-bond donors (Lipinski definition) is 2. The number of para-hydroxylation sites is 1. The molecule has 1 fully saturated rings. The van der Waals surface area contributed by atoms with Crippen LogP contribution in [0.15, 0.2) is 30.5 Å². The first-order valence-electron chi connectivity index (χ1n) is 6.28. The zero-order valence-electron chi connectivity index (χ0n) is 10.8. The number of nitrogens with one attached hydrogen (secondary N) is 2. The topological polar surface area (TPSA) is 82.3 Å². The predicted octanol–water partition coefficient (Wildman–Crippen LogP) is 0.655. The van der Waals surface area contributed by atoms with Crippen molar-refractivity contribution in [2.75, 3.05) is 6.54 Å². The second kappa shape index (κ2) is 4.48. The van der Waals surface area contributed by atoms with E-state index in [0.29, 0.717) is 11.1 Å². The van der Waals surface area contributed by atoms with Crippen LogP contribution in [0.3, 0.4) is 0 Å². The number of rotatable bonds is 1. The monoisotopic (exact) mass is 271 g/mol. The van der Waals surface area contributed by atoms with Crippen molar-refractivity contribution in [1.82, 2.24) is 15.2 Å². The number of H-pyrrole nitrogens is 1. The molecule has 2 heterocycles. The quantitative estimate of drug-likeness (QED) is 0.747. The number of hydrogen-bond acceptors (Lipinski definition) is 3. The van der Waals surface area contributed by atoms with Gasteiger partial charge in [-0.3, -0.25) is 19.7 Å². The molecule has 3 amide bonds. The summed E-state index contributed by atoms with van der Waals surface area (Å²) in [6.07, 6.45) is 1.75. The highest BCUT2D eigenvalue weighted by molar-refractivity contribution is 6.11. The van der Waals surface area contributed by atoms with Gasteiger partial charge in [0.25, 0.3) is 5.91 Å². The average Bonchev–Trinajstić information content (AvgIpc) is 2.90. The number of carbonyl (C=O) groups excluding carboxylic acids is 3. The molecule has 0 spiro atoms. The van der Waals surface area contributed by atoms with E-state index in [-0.39, 0.29) is 12.5 Å². The zero-order chi connectivity index (χ0) is 14.3. The van der Waals surface area contributed by atoms with Gasteiger partial charge < -0.3 is 9.88 Å². The number of carbonyl (C=O) groups is 3. The normalized spacial score (nSPS) is 19.2. The van der Waals surface area contributed by atoms with Gasteiger partial charge in [0, 0.05) is 11.6 Å². The van der Waals surface area contributed by atoms with Gasteiger partial charge >= 0.3 is 0 Å². The highest BCUT2D eigenvalue weighted by Crippen LogP contribution is 2.20. The van der Waals surface area contributed by atoms with Gasteiger partial charge in [-0.1, -0.05) is 12.1 Å². The highest BCUT2D eigenvalue weighted by Gasteiger charge is 2.34. The fraction of sp³-hybridized carbons (Fsp3) is 0.214. The lowest BCUT2D eigenvalue weighted by Crippen LogP contribution is -2.58. The van der Waals surface area contributed by atoms with Crippen LogP contribution in [0.2, 0.25) is 0 Å². The van der Waals surface area contributed by atoms with Crippen molar-refractivity contribution >= 4 is 28.6 Å². The number of aromatic amines is 1. The van der Waals surface area contributed by atoms with Crippen LogP contribution in [0.1, 0.15) is 17.3 Å². The Hall–Kier alpha value is -2.63. The minimum Gasteiger partial charge on any atom is -0.361 e. The first-order chi connectivity index (χ1) is 9.58. The summed E-state index contributed by atoms with van der Waals surface area (Å²) in [5.74, 6) is -1.23. The molecule has 0 radical (unpaired) electrons. The molecule has 1 aliphatic rings. The molecule has 1 aliphatic heterocycles. The standard InChI is InChI=1S/C14H13N3O3/c1-8-13(19)16-11(18)7-17(8)14(20)10-4-2-3-9-5-6-15-12(9)10/h2-6,8,15H,7H2,1H3,(H,16,18,19). The Morgan fingerprint density at radius 3 is 2.90 bits per heavy atom. The third kappa shape index (κ3) is 1.85. The smallest absolute Gasteiger partial charge is 0.257 e. The van der Waals surface area contributed by atoms with Gasteiger partial charge in [-0.05, 0) is 19.1 Å². The fourth-order valence-corrected chi connectivity index (χ4v) is 2.38. The van der Waals surface area contributed by atoms with E-state index in [1.54, 1.807) is 25.3 Å². The third-order valence-corrected chi connectivity index (χ3v) is 3.50. The number of piperazine rings is 1. The maximum atomic E-state index is 12.6. The average molecular weight is 271 g/mol. The van der Waals surface area contributed by atoms with Gasteiger partial charge in [-0.15, -0.1) is 0 Å². The van der Waals surface area contributed by atoms with E-state index in [9.17, 15) is 14.4 Å². The Balaban J connectivity index is 2.01. The molecule has 2 aromatic rings. The Kier molecular flexibility index (Phi) is 2.78. The molecule has 0 saturated carbocycles. The number of amides is 3. The fourth-order valence-electron chi connectivity index (χ4n) is 2.38. The summed E-state index contributed by atoms with van der Waals surface area (Å²) < 4.78 is 0. The van der Waals surface area contributed by atoms with Crippen molar-refractivity contribution in [2.45, 2.75) is 13.0 Å². The van der Waals surface area contributed by atoms with E-state index >= 15 is 0 Å². The largest absolute Gasteiger partial charge is 0.361 e. The van der Waals surface area contributed by atoms with Gasteiger partial charge in [-0.25, -0.2) is 0 Å². The molecule has 1 saturated heterocycles. The van der Waals surface area contributed by atoms with Crippen molar-refractivity contribution in [2.24, 2.45) is 0 Å². The maximum Gasteiger partial charge on any atom is 0.257 e. The second-order valence-corrected chi connectivity index (χ2v) is 4.77. The molecule has 6 nitrogen and oxygen atoms in total. The Labute approximate surface area is 114 Å². The predicted molar refractivity (Wildman–Crippen MR) is 71.9 cm³/mol. The van der Waals surface area contributed by atoms with Gasteiger partial charge in [0.15, 0.2) is 0 Å². The van der Waals surface area contributed by atoms with E-state index < -0.39 is 17.9 Å². The van der Waals surface area contributed by atoms with Crippen molar-refractivity contribution < 1.29 is 14.4 Å². The number of fused-ring (bicyclic) bond motifs is 1. The minimum absolute atomic E-state index is 0.108. The molecule has 0 aliphatic carbocycles. The lowest BCUT2D eigenvalue weighted by molar-refractivity contribution is -0.138. The maximum absolute atomic E-state index is 12.6. The van der Waals surface area contributed by atoms with Crippen LogP contribution in [-0.4, -0.2) is 40.2 Å². The summed E-state index contributed by atoms with van der Waals surface area (Å²) in [6, 6.07) is 6.56. The van der Waals surface area contributed by atoms with Gasteiger partial charge in [0.05, 0.1) is 11.1 Å². The lowest BCUT2D eigenvalue weighted by atomic mass is 10.1. The summed E-state index contributed by atoms with van der Waals surface area (Å²) >= 11 is 0. The Morgan fingerprint density at radius 1 is 1.30 bits per heavy atom. The highest BCUT2D eigenvalue weighted by atomic mass is 16.2. The molecule has 1 aromatic heterocycles. The van der Waals surface area contributed by atoms with Crippen LogP contribution in [0.4, 0.5) is 0 Å². The van der Waals surface area contributed by atoms with Crippen molar-refractivity contribution in [3.63, 3.8) is 0 Å². The van der Waals surface area contributed by atoms with Crippen LogP contribution in [-0.2, 0) is 9.59 Å². The number of aromatic nitrogens is 1. The zero-order valence-corrected chi connectivity index (χ0v) is 10.8. The van der Waals surface area contributed by atoms with Crippen molar-refractivity contribution in [1.29, 1.82) is 0 Å². The second-order valence-electron chi connectivity index (χ2n) is 4.77. The molecule has 1 aromatic carbocycles. The van der Waals surface area contributed by atoms with Crippen molar-refractivity contribution in [3.05, 3.63) is 36.0 Å². The molecule has 20 heavy (non-hydrogen) atoms. The van der Waals surface area contributed by atoms with E-state index in [0.717, 1.165) is 5.39 Å². The van der Waals surface area contributed by atoms with Crippen LogP contribution in [0.25, 0.3) is 10.9 Å². The van der Waals surface area contributed by atoms with Crippen LogP contribution >= 0.6 is 0 Å². The summed E-state index contributed by atoms with van der Waals surface area (Å²) in [5, 5.41) is 3.13. The van der Waals surface area contributed by atoms with Crippen LogP contribution < -0.4 is 5.32 Å². The van der Waals surface area contributed by atoms with E-state index in [4.69, 9.17) is 0 Å². The van der Waals surface area contributed by atoms with E-state index in [2.05, 4.69) is 10.3 Å². The molecule has 102 valence electrons. The van der Waals surface area contributed by atoms with Gasteiger partial charge in [-0.2, -0.15) is 0 Å². The number of nitrogens with zero attached hydrogens (tertiary/aromatic N) is 1. The molecule has 2 N–H and O–H groups in total. The number of imide groups is 1. The molecule has 3 rings (SSSR count). The SMILES string of the molecule is CC1C(=O)NC(=O)CN1C(=O)c1cccc2cc[nH]c12. The minimum atomic E-state index is -0.662.